The molecule has 2 aromatic carbocycles. The van der Waals surface area contributed by atoms with E-state index in [1.807, 2.05) is 37.3 Å². The van der Waals surface area contributed by atoms with Crippen LogP contribution >= 0.6 is 11.3 Å². The summed E-state index contributed by atoms with van der Waals surface area (Å²) in [4.78, 5) is 12.4. The number of esters is 1. The molecular weight excluding hydrogens is 384 g/mol. The van der Waals surface area contributed by atoms with Gasteiger partial charge in [-0.3, -0.25) is 0 Å². The van der Waals surface area contributed by atoms with Crippen molar-refractivity contribution in [1.82, 2.24) is 0 Å². The van der Waals surface area contributed by atoms with E-state index in [4.69, 9.17) is 9.16 Å². The molecule has 0 aliphatic carbocycles. The standard InChI is InChI=1S/C23H28O3SSi/c1-7-25-22(24)17-13-19(26-28(5,6)23(2,3)4)21-18(15-27-20(21)14-17)16-11-9-8-10-12-16/h8-15H,7H2,1-6H3. The molecular formula is C23H28O3SSi. The van der Waals surface area contributed by atoms with Crippen molar-refractivity contribution in [3.05, 3.63) is 53.4 Å². The Labute approximate surface area is 172 Å². The fourth-order valence-corrected chi connectivity index (χ4v) is 4.84. The van der Waals surface area contributed by atoms with Crippen LogP contribution in [-0.4, -0.2) is 20.9 Å². The molecule has 28 heavy (non-hydrogen) atoms. The van der Waals surface area contributed by atoms with Gasteiger partial charge in [-0.15, -0.1) is 11.3 Å². The smallest absolute Gasteiger partial charge is 0.338 e. The summed E-state index contributed by atoms with van der Waals surface area (Å²) in [7, 11) is -2.08. The fraction of sp³-hybridized carbons (Fsp3) is 0.348. The number of thiophene rings is 1. The van der Waals surface area contributed by atoms with E-state index in [9.17, 15) is 4.79 Å². The van der Waals surface area contributed by atoms with Crippen molar-refractivity contribution >= 4 is 35.7 Å². The number of carbonyl (C=O) groups is 1. The number of ether oxygens (including phenoxy) is 1. The summed E-state index contributed by atoms with van der Waals surface area (Å²) < 4.78 is 13.0. The van der Waals surface area contributed by atoms with E-state index in [-0.39, 0.29) is 11.0 Å². The zero-order valence-electron chi connectivity index (χ0n) is 17.5. The highest BCUT2D eigenvalue weighted by Gasteiger charge is 2.39. The summed E-state index contributed by atoms with van der Waals surface area (Å²) in [6, 6.07) is 14.1. The maximum Gasteiger partial charge on any atom is 0.338 e. The van der Waals surface area contributed by atoms with Gasteiger partial charge in [-0.25, -0.2) is 4.79 Å². The van der Waals surface area contributed by atoms with Crippen molar-refractivity contribution in [2.45, 2.75) is 45.8 Å². The lowest BCUT2D eigenvalue weighted by Crippen LogP contribution is -2.43. The molecule has 0 unspecified atom stereocenters. The Morgan fingerprint density at radius 2 is 1.79 bits per heavy atom. The molecule has 0 saturated carbocycles. The maximum atomic E-state index is 12.4. The molecule has 0 bridgehead atoms. The summed E-state index contributed by atoms with van der Waals surface area (Å²) in [6.45, 7) is 13.3. The first-order valence-corrected chi connectivity index (χ1v) is 13.4. The average molecular weight is 413 g/mol. The Hall–Kier alpha value is -2.11. The molecule has 0 radical (unpaired) electrons. The number of benzene rings is 2. The van der Waals surface area contributed by atoms with Gasteiger partial charge in [0.25, 0.3) is 8.32 Å². The lowest BCUT2D eigenvalue weighted by atomic mass is 10.0. The normalized spacial score (nSPS) is 12.2. The zero-order valence-corrected chi connectivity index (χ0v) is 19.3. The predicted molar refractivity (Wildman–Crippen MR) is 121 cm³/mol. The highest BCUT2D eigenvalue weighted by Crippen LogP contribution is 2.44. The topological polar surface area (TPSA) is 35.5 Å². The van der Waals surface area contributed by atoms with Crippen LogP contribution in [0.1, 0.15) is 38.1 Å². The van der Waals surface area contributed by atoms with Gasteiger partial charge in [0.05, 0.1) is 12.2 Å². The first-order valence-electron chi connectivity index (χ1n) is 9.61. The van der Waals surface area contributed by atoms with Gasteiger partial charge in [0.15, 0.2) is 0 Å². The SMILES string of the molecule is CCOC(=O)c1cc(O[Si](C)(C)C(C)(C)C)c2c(-c3ccccc3)csc2c1. The first kappa shape index (κ1) is 20.6. The van der Waals surface area contributed by atoms with E-state index >= 15 is 0 Å². The molecule has 3 aromatic rings. The monoisotopic (exact) mass is 412 g/mol. The van der Waals surface area contributed by atoms with Crippen molar-refractivity contribution in [2.24, 2.45) is 0 Å². The summed E-state index contributed by atoms with van der Waals surface area (Å²) >= 11 is 1.63. The quantitative estimate of drug-likeness (QED) is 0.330. The highest BCUT2D eigenvalue weighted by atomic mass is 32.1. The molecule has 0 aliphatic rings. The van der Waals surface area contributed by atoms with E-state index in [2.05, 4.69) is 51.4 Å². The van der Waals surface area contributed by atoms with Crippen LogP contribution in [0.25, 0.3) is 21.2 Å². The number of carbonyl (C=O) groups excluding carboxylic acids is 1. The van der Waals surface area contributed by atoms with Crippen LogP contribution < -0.4 is 4.43 Å². The molecule has 0 amide bonds. The molecule has 0 fully saturated rings. The number of hydrogen-bond donors (Lipinski definition) is 0. The Morgan fingerprint density at radius 3 is 2.39 bits per heavy atom. The third-order valence-electron chi connectivity index (χ3n) is 5.41. The molecule has 1 heterocycles. The van der Waals surface area contributed by atoms with Crippen LogP contribution in [0, 0.1) is 0 Å². The van der Waals surface area contributed by atoms with Crippen LogP contribution in [0.5, 0.6) is 5.75 Å². The van der Waals surface area contributed by atoms with Gasteiger partial charge >= 0.3 is 5.97 Å². The van der Waals surface area contributed by atoms with Crippen molar-refractivity contribution in [3.8, 4) is 16.9 Å². The minimum Gasteiger partial charge on any atom is -0.543 e. The van der Waals surface area contributed by atoms with E-state index < -0.39 is 8.32 Å². The van der Waals surface area contributed by atoms with E-state index in [0.29, 0.717) is 12.2 Å². The van der Waals surface area contributed by atoms with E-state index in [1.165, 1.54) is 0 Å². The summed E-state index contributed by atoms with van der Waals surface area (Å²) in [5, 5.41) is 3.28. The van der Waals surface area contributed by atoms with E-state index in [0.717, 1.165) is 27.0 Å². The van der Waals surface area contributed by atoms with Gasteiger partial charge in [-0.05, 0) is 48.1 Å². The minimum atomic E-state index is -2.08. The molecule has 0 N–H and O–H groups in total. The molecule has 3 nitrogen and oxygen atoms in total. The Balaban J connectivity index is 2.21. The number of fused-ring (bicyclic) bond motifs is 1. The Bertz CT molecular complexity index is 984. The van der Waals surface area contributed by atoms with Crippen LogP contribution in [-0.2, 0) is 4.74 Å². The lowest BCUT2D eigenvalue weighted by Gasteiger charge is -2.36. The van der Waals surface area contributed by atoms with Crippen LogP contribution in [0.2, 0.25) is 18.1 Å². The van der Waals surface area contributed by atoms with Crippen molar-refractivity contribution in [1.29, 1.82) is 0 Å². The van der Waals surface area contributed by atoms with E-state index in [1.54, 1.807) is 11.3 Å². The first-order chi connectivity index (χ1) is 13.1. The number of hydrogen-bond acceptors (Lipinski definition) is 4. The van der Waals surface area contributed by atoms with Crippen LogP contribution in [0.4, 0.5) is 0 Å². The third kappa shape index (κ3) is 4.01. The third-order valence-corrected chi connectivity index (χ3v) is 10.7. The molecule has 148 valence electrons. The molecule has 0 saturated heterocycles. The largest absolute Gasteiger partial charge is 0.543 e. The highest BCUT2D eigenvalue weighted by molar-refractivity contribution is 7.17. The molecule has 1 aromatic heterocycles. The molecule has 0 aliphatic heterocycles. The second-order valence-corrected chi connectivity index (χ2v) is 14.1. The number of rotatable bonds is 5. The summed E-state index contributed by atoms with van der Waals surface area (Å²) in [5.41, 5.74) is 2.84. The van der Waals surface area contributed by atoms with Crippen LogP contribution in [0.3, 0.4) is 0 Å². The molecule has 0 spiro atoms. The van der Waals surface area contributed by atoms with Gasteiger partial charge in [0.1, 0.15) is 5.75 Å². The van der Waals surface area contributed by atoms with Gasteiger partial charge in [0.2, 0.25) is 0 Å². The zero-order chi connectivity index (χ0) is 20.5. The van der Waals surface area contributed by atoms with Gasteiger partial charge in [-0.1, -0.05) is 51.1 Å². The average Bonchev–Trinajstić information content (AvgIpc) is 3.06. The van der Waals surface area contributed by atoms with Crippen LogP contribution in [0.15, 0.2) is 47.8 Å². The summed E-state index contributed by atoms with van der Waals surface area (Å²) in [5.74, 6) is 0.478. The second-order valence-electron chi connectivity index (χ2n) is 8.45. The molecule has 3 rings (SSSR count). The van der Waals surface area contributed by atoms with Gasteiger partial charge in [-0.2, -0.15) is 0 Å². The molecule has 5 heteroatoms. The molecule has 0 atom stereocenters. The van der Waals surface area contributed by atoms with Gasteiger partial charge < -0.3 is 9.16 Å². The van der Waals surface area contributed by atoms with Gasteiger partial charge in [0, 0.05) is 15.6 Å². The predicted octanol–water partition coefficient (Wildman–Crippen LogP) is 7.13. The maximum absolute atomic E-state index is 12.4. The minimum absolute atomic E-state index is 0.0577. The van der Waals surface area contributed by atoms with Crippen molar-refractivity contribution in [3.63, 3.8) is 0 Å². The second kappa shape index (κ2) is 7.72. The Morgan fingerprint density at radius 1 is 1.11 bits per heavy atom. The summed E-state index contributed by atoms with van der Waals surface area (Å²) in [6.07, 6.45) is 0. The lowest BCUT2D eigenvalue weighted by molar-refractivity contribution is 0.0526. The van der Waals surface area contributed by atoms with Crippen molar-refractivity contribution in [2.75, 3.05) is 6.61 Å². The Kier molecular flexibility index (Phi) is 5.68. The fourth-order valence-electron chi connectivity index (χ4n) is 2.80. The van der Waals surface area contributed by atoms with Crippen molar-refractivity contribution < 1.29 is 14.0 Å².